The molecule has 0 bridgehead atoms. The molecule has 0 aliphatic carbocycles. The fraction of sp³-hybridized carbons (Fsp3) is 0.182. The number of benzene rings is 2. The minimum absolute atomic E-state index is 0.127. The van der Waals surface area contributed by atoms with Crippen molar-refractivity contribution < 1.29 is 23.5 Å². The number of furan rings is 1. The quantitative estimate of drug-likeness (QED) is 0.694. The monoisotopic (exact) mass is 392 g/mol. The predicted molar refractivity (Wildman–Crippen MR) is 108 cm³/mol. The summed E-state index contributed by atoms with van der Waals surface area (Å²) in [5.74, 6) is 1.10. The lowest BCUT2D eigenvalue weighted by Crippen LogP contribution is -2.28. The van der Waals surface area contributed by atoms with Crippen LogP contribution in [0.25, 0.3) is 0 Å². The van der Waals surface area contributed by atoms with Crippen LogP contribution in [0, 0.1) is 0 Å². The first kappa shape index (κ1) is 18.6. The molecule has 4 rings (SSSR count). The molecular weight excluding hydrogens is 372 g/mol. The Balaban J connectivity index is 1.40. The smallest absolute Gasteiger partial charge is 0.293 e. The van der Waals surface area contributed by atoms with Crippen LogP contribution in [-0.4, -0.2) is 32.1 Å². The van der Waals surface area contributed by atoms with E-state index in [1.54, 1.807) is 54.5 Å². The van der Waals surface area contributed by atoms with E-state index in [4.69, 9.17) is 13.9 Å². The summed E-state index contributed by atoms with van der Waals surface area (Å²) in [5, 5.41) is 2.81. The second-order valence-electron chi connectivity index (χ2n) is 6.54. The Hall–Kier alpha value is -3.74. The first-order valence-electron chi connectivity index (χ1n) is 9.19. The van der Waals surface area contributed by atoms with Gasteiger partial charge in [0.1, 0.15) is 11.5 Å². The Morgan fingerprint density at radius 2 is 1.90 bits per heavy atom. The van der Waals surface area contributed by atoms with E-state index in [0.717, 1.165) is 17.7 Å². The van der Waals surface area contributed by atoms with Crippen molar-refractivity contribution in [3.05, 3.63) is 72.2 Å². The van der Waals surface area contributed by atoms with Gasteiger partial charge in [0.2, 0.25) is 0 Å². The van der Waals surface area contributed by atoms with Gasteiger partial charge in [-0.3, -0.25) is 9.59 Å². The zero-order valence-electron chi connectivity index (χ0n) is 15.9. The normalized spacial score (nSPS) is 12.4. The van der Waals surface area contributed by atoms with E-state index in [-0.39, 0.29) is 18.4 Å². The number of fused-ring (bicyclic) bond motifs is 1. The number of carbonyl (C=O) groups is 2. The SMILES string of the molecule is COc1ccc(OCC(=O)Nc2ccc3c(c2)N(C(=O)c2ccco2)CC3)cc1. The minimum atomic E-state index is -0.289. The lowest BCUT2D eigenvalue weighted by atomic mass is 10.1. The number of methoxy groups -OCH3 is 1. The minimum Gasteiger partial charge on any atom is -0.497 e. The molecule has 1 aliphatic heterocycles. The molecule has 2 heterocycles. The third-order valence-corrected chi connectivity index (χ3v) is 4.67. The third-order valence-electron chi connectivity index (χ3n) is 4.67. The highest BCUT2D eigenvalue weighted by molar-refractivity contribution is 6.06. The highest BCUT2D eigenvalue weighted by Gasteiger charge is 2.27. The second-order valence-corrected chi connectivity index (χ2v) is 6.54. The molecule has 2 aromatic carbocycles. The number of nitrogens with one attached hydrogen (secondary N) is 1. The molecule has 0 unspecified atom stereocenters. The summed E-state index contributed by atoms with van der Waals surface area (Å²) < 4.78 is 15.8. The van der Waals surface area contributed by atoms with Crippen LogP contribution < -0.4 is 19.7 Å². The van der Waals surface area contributed by atoms with E-state index in [0.29, 0.717) is 29.5 Å². The number of hydrogen-bond donors (Lipinski definition) is 1. The number of amides is 2. The fourth-order valence-electron chi connectivity index (χ4n) is 3.22. The lowest BCUT2D eigenvalue weighted by molar-refractivity contribution is -0.118. The Kier molecular flexibility index (Phi) is 5.20. The number of carbonyl (C=O) groups excluding carboxylic acids is 2. The van der Waals surface area contributed by atoms with Crippen molar-refractivity contribution >= 4 is 23.2 Å². The molecule has 1 aromatic heterocycles. The van der Waals surface area contributed by atoms with Crippen LogP contribution in [0.2, 0.25) is 0 Å². The summed E-state index contributed by atoms with van der Waals surface area (Å²) in [6.07, 6.45) is 2.24. The van der Waals surface area contributed by atoms with Gasteiger partial charge < -0.3 is 24.1 Å². The maximum atomic E-state index is 12.6. The van der Waals surface area contributed by atoms with Gasteiger partial charge in [-0.1, -0.05) is 6.07 Å². The number of rotatable bonds is 6. The first-order valence-corrected chi connectivity index (χ1v) is 9.19. The van der Waals surface area contributed by atoms with Crippen molar-refractivity contribution in [1.29, 1.82) is 0 Å². The van der Waals surface area contributed by atoms with Crippen LogP contribution in [-0.2, 0) is 11.2 Å². The Labute approximate surface area is 167 Å². The number of ether oxygens (including phenoxy) is 2. The molecular formula is C22H20N2O5. The van der Waals surface area contributed by atoms with Crippen LogP contribution in [0.1, 0.15) is 16.1 Å². The molecule has 29 heavy (non-hydrogen) atoms. The van der Waals surface area contributed by atoms with Gasteiger partial charge in [-0.2, -0.15) is 0 Å². The predicted octanol–water partition coefficient (Wildman–Crippen LogP) is 3.51. The van der Waals surface area contributed by atoms with Crippen molar-refractivity contribution in [2.24, 2.45) is 0 Å². The van der Waals surface area contributed by atoms with Crippen LogP contribution in [0.5, 0.6) is 11.5 Å². The summed E-state index contributed by atoms with van der Waals surface area (Å²) >= 11 is 0. The van der Waals surface area contributed by atoms with Crippen molar-refractivity contribution in [3.63, 3.8) is 0 Å². The molecule has 7 nitrogen and oxygen atoms in total. The number of nitrogens with zero attached hydrogens (tertiary/aromatic N) is 1. The topological polar surface area (TPSA) is 81.0 Å². The summed E-state index contributed by atoms with van der Waals surface area (Å²) in [4.78, 5) is 26.5. The van der Waals surface area contributed by atoms with E-state index in [1.165, 1.54) is 6.26 Å². The zero-order chi connectivity index (χ0) is 20.2. The highest BCUT2D eigenvalue weighted by atomic mass is 16.5. The molecule has 0 radical (unpaired) electrons. The molecule has 3 aromatic rings. The van der Waals surface area contributed by atoms with Crippen LogP contribution in [0.4, 0.5) is 11.4 Å². The van der Waals surface area contributed by atoms with E-state index in [9.17, 15) is 9.59 Å². The van der Waals surface area contributed by atoms with E-state index >= 15 is 0 Å². The second kappa shape index (κ2) is 8.10. The molecule has 148 valence electrons. The standard InChI is InChI=1S/C22H20N2O5/c1-27-17-6-8-18(9-7-17)29-14-21(25)23-16-5-4-15-10-11-24(19(15)13-16)22(26)20-3-2-12-28-20/h2-9,12-13H,10-11,14H2,1H3,(H,23,25). The third kappa shape index (κ3) is 4.08. The summed E-state index contributed by atoms with van der Waals surface area (Å²) in [7, 11) is 1.59. The molecule has 0 saturated carbocycles. The summed E-state index contributed by atoms with van der Waals surface area (Å²) in [6, 6.07) is 15.9. The van der Waals surface area contributed by atoms with E-state index in [2.05, 4.69) is 5.32 Å². The summed E-state index contributed by atoms with van der Waals surface area (Å²) in [5.41, 5.74) is 2.43. The van der Waals surface area contributed by atoms with Gasteiger partial charge in [0, 0.05) is 17.9 Å². The fourth-order valence-corrected chi connectivity index (χ4v) is 3.22. The maximum Gasteiger partial charge on any atom is 0.293 e. The van der Waals surface area contributed by atoms with Crippen LogP contribution >= 0.6 is 0 Å². The molecule has 0 spiro atoms. The van der Waals surface area contributed by atoms with Gasteiger partial charge >= 0.3 is 0 Å². The van der Waals surface area contributed by atoms with Gasteiger partial charge in [-0.05, 0) is 60.5 Å². The molecule has 2 amide bonds. The first-order chi connectivity index (χ1) is 14.1. The molecule has 0 fully saturated rings. The number of anilines is 2. The number of hydrogen-bond acceptors (Lipinski definition) is 5. The summed E-state index contributed by atoms with van der Waals surface area (Å²) in [6.45, 7) is 0.450. The van der Waals surface area contributed by atoms with Crippen molar-refractivity contribution in [3.8, 4) is 11.5 Å². The van der Waals surface area contributed by atoms with Gasteiger partial charge in [0.25, 0.3) is 11.8 Å². The van der Waals surface area contributed by atoms with Crippen molar-refractivity contribution in [2.45, 2.75) is 6.42 Å². The average molecular weight is 392 g/mol. The Bertz CT molecular complexity index is 1010. The van der Waals surface area contributed by atoms with E-state index in [1.807, 2.05) is 12.1 Å². The molecule has 0 saturated heterocycles. The van der Waals surface area contributed by atoms with Gasteiger partial charge in [-0.15, -0.1) is 0 Å². The van der Waals surface area contributed by atoms with Gasteiger partial charge in [0.05, 0.1) is 13.4 Å². The Morgan fingerprint density at radius 1 is 1.10 bits per heavy atom. The van der Waals surface area contributed by atoms with Gasteiger partial charge in [0.15, 0.2) is 12.4 Å². The highest BCUT2D eigenvalue weighted by Crippen LogP contribution is 2.32. The maximum absolute atomic E-state index is 12.6. The molecule has 7 heteroatoms. The Morgan fingerprint density at radius 3 is 2.62 bits per heavy atom. The van der Waals surface area contributed by atoms with Crippen molar-refractivity contribution in [2.75, 3.05) is 30.5 Å². The van der Waals surface area contributed by atoms with Crippen molar-refractivity contribution in [1.82, 2.24) is 0 Å². The molecule has 0 atom stereocenters. The zero-order valence-corrected chi connectivity index (χ0v) is 15.9. The molecule has 1 aliphatic rings. The van der Waals surface area contributed by atoms with Crippen LogP contribution in [0.15, 0.2) is 65.3 Å². The molecule has 1 N–H and O–H groups in total. The lowest BCUT2D eigenvalue weighted by Gasteiger charge is -2.17. The van der Waals surface area contributed by atoms with Gasteiger partial charge in [-0.25, -0.2) is 0 Å². The average Bonchev–Trinajstić information content (AvgIpc) is 3.42. The van der Waals surface area contributed by atoms with Crippen LogP contribution in [0.3, 0.4) is 0 Å². The van der Waals surface area contributed by atoms with E-state index < -0.39 is 0 Å². The largest absolute Gasteiger partial charge is 0.497 e.